The van der Waals surface area contributed by atoms with E-state index in [0.29, 0.717) is 22.7 Å². The number of ketones is 1. The molecule has 0 bridgehead atoms. The number of halogens is 2. The highest BCUT2D eigenvalue weighted by Gasteiger charge is 2.46. The lowest BCUT2D eigenvalue weighted by molar-refractivity contribution is 0.0952. The van der Waals surface area contributed by atoms with Crippen molar-refractivity contribution < 1.29 is 13.6 Å². The first-order chi connectivity index (χ1) is 13.5. The molecule has 0 radical (unpaired) electrons. The molecule has 0 spiro atoms. The van der Waals surface area contributed by atoms with Gasteiger partial charge in [-0.3, -0.25) is 9.20 Å². The molecule has 1 saturated carbocycles. The Labute approximate surface area is 161 Å². The number of hydrogen-bond acceptors (Lipinski definition) is 3. The van der Waals surface area contributed by atoms with Crippen molar-refractivity contribution in [1.29, 1.82) is 0 Å². The van der Waals surface area contributed by atoms with E-state index in [-0.39, 0.29) is 18.0 Å². The van der Waals surface area contributed by atoms with Gasteiger partial charge in [0.15, 0.2) is 11.6 Å². The van der Waals surface area contributed by atoms with Crippen LogP contribution < -0.4 is 4.90 Å². The Hall–Kier alpha value is -2.76. The van der Waals surface area contributed by atoms with Crippen molar-refractivity contribution in [3.63, 3.8) is 0 Å². The number of Topliss-reactive ketones (excluding diaryl/α,β-unsaturated/α-hetero) is 1. The number of hydrogen-bond donors (Lipinski definition) is 0. The highest BCUT2D eigenvalue weighted by Crippen LogP contribution is 2.39. The number of pyridine rings is 1. The zero-order valence-electron chi connectivity index (χ0n) is 15.7. The Kier molecular flexibility index (Phi) is 3.96. The van der Waals surface area contributed by atoms with Gasteiger partial charge in [0.25, 0.3) is 0 Å². The predicted octanol–water partition coefficient (Wildman–Crippen LogP) is 4.59. The first-order valence-electron chi connectivity index (χ1n) is 9.75. The minimum absolute atomic E-state index is 0.185. The van der Waals surface area contributed by atoms with Crippen LogP contribution in [-0.2, 0) is 0 Å². The molecule has 144 valence electrons. The average Bonchev–Trinajstić information content (AvgIpc) is 3.10. The smallest absolute Gasteiger partial charge is 0.189 e. The monoisotopic (exact) mass is 381 g/mol. The zero-order chi connectivity index (χ0) is 19.4. The van der Waals surface area contributed by atoms with Crippen molar-refractivity contribution in [3.05, 3.63) is 53.6 Å². The Morgan fingerprint density at radius 2 is 1.93 bits per heavy atom. The molecule has 0 N–H and O–H groups in total. The average molecular weight is 381 g/mol. The number of nitrogens with zero attached hydrogens (tertiary/aromatic N) is 3. The second-order valence-corrected chi connectivity index (χ2v) is 7.76. The summed E-state index contributed by atoms with van der Waals surface area (Å²) in [5.41, 5.74) is 3.24. The lowest BCUT2D eigenvalue weighted by Crippen LogP contribution is -2.22. The highest BCUT2D eigenvalue weighted by atomic mass is 19.1. The number of imidazole rings is 1. The fraction of sp³-hybridized carbons (Fsp3) is 0.364. The van der Waals surface area contributed by atoms with E-state index in [9.17, 15) is 13.6 Å². The lowest BCUT2D eigenvalue weighted by Gasteiger charge is -2.16. The van der Waals surface area contributed by atoms with Gasteiger partial charge in [-0.05, 0) is 61.1 Å². The number of carbonyl (C=O) groups excluding carboxylic acids is 1. The van der Waals surface area contributed by atoms with Crippen LogP contribution in [0.3, 0.4) is 0 Å². The summed E-state index contributed by atoms with van der Waals surface area (Å²) in [4.78, 5) is 19.9. The molecule has 2 aliphatic rings. The van der Waals surface area contributed by atoms with Crippen LogP contribution in [0.1, 0.15) is 35.3 Å². The summed E-state index contributed by atoms with van der Waals surface area (Å²) in [5, 5.41) is 0. The first-order valence-corrected chi connectivity index (χ1v) is 9.75. The standard InChI is InChI=1S/C22H21F2N3O/c1-13-15(5-4-6-17(13)23)14-7-8-19-25-22(26-9-2-3-10-26)20(27(19)12-14)21(28)16-11-18(16)24/h4-8,12,16,18H,2-3,9-11H2,1H3/t16-,18+/m1/s1. The highest BCUT2D eigenvalue weighted by molar-refractivity contribution is 6.03. The van der Waals surface area contributed by atoms with E-state index >= 15 is 0 Å². The summed E-state index contributed by atoms with van der Waals surface area (Å²) >= 11 is 0. The summed E-state index contributed by atoms with van der Waals surface area (Å²) < 4.78 is 29.5. The first kappa shape index (κ1) is 17.3. The molecule has 2 atom stereocenters. The molecule has 6 heteroatoms. The van der Waals surface area contributed by atoms with Gasteiger partial charge in [0.1, 0.15) is 23.3 Å². The number of benzene rings is 1. The fourth-order valence-corrected chi connectivity index (χ4v) is 4.10. The molecule has 5 rings (SSSR count). The molecule has 2 aromatic heterocycles. The molecule has 4 nitrogen and oxygen atoms in total. The number of anilines is 1. The van der Waals surface area contributed by atoms with Crippen molar-refractivity contribution in [2.75, 3.05) is 18.0 Å². The van der Waals surface area contributed by atoms with E-state index in [2.05, 4.69) is 4.90 Å². The van der Waals surface area contributed by atoms with E-state index in [0.717, 1.165) is 37.1 Å². The summed E-state index contributed by atoms with van der Waals surface area (Å²) in [6.45, 7) is 3.44. The Balaban J connectivity index is 1.69. The molecule has 1 aliphatic carbocycles. The third-order valence-corrected chi connectivity index (χ3v) is 5.87. The van der Waals surface area contributed by atoms with Gasteiger partial charge in [-0.2, -0.15) is 0 Å². The molecular weight excluding hydrogens is 360 g/mol. The molecule has 1 aromatic carbocycles. The Morgan fingerprint density at radius 3 is 2.64 bits per heavy atom. The number of fused-ring (bicyclic) bond motifs is 1. The molecule has 1 saturated heterocycles. The van der Waals surface area contributed by atoms with Gasteiger partial charge in [0.05, 0.1) is 5.92 Å². The Bertz CT molecular complexity index is 1080. The van der Waals surface area contributed by atoms with E-state index in [1.807, 2.05) is 24.4 Å². The van der Waals surface area contributed by atoms with Crippen molar-refractivity contribution in [2.24, 2.45) is 5.92 Å². The van der Waals surface area contributed by atoms with Gasteiger partial charge in [-0.1, -0.05) is 12.1 Å². The molecule has 2 fully saturated rings. The van der Waals surface area contributed by atoms with Gasteiger partial charge >= 0.3 is 0 Å². The van der Waals surface area contributed by atoms with Crippen LogP contribution in [0, 0.1) is 18.7 Å². The maximum atomic E-state index is 14.0. The SMILES string of the molecule is Cc1c(F)cccc1-c1ccc2nc(N3CCCC3)c(C(=O)[C@@H]3C[C@@H]3F)n2c1. The molecular formula is C22H21F2N3O. The van der Waals surface area contributed by atoms with Crippen LogP contribution in [0.4, 0.5) is 14.6 Å². The second-order valence-electron chi connectivity index (χ2n) is 7.76. The third-order valence-electron chi connectivity index (χ3n) is 5.87. The topological polar surface area (TPSA) is 37.6 Å². The lowest BCUT2D eigenvalue weighted by atomic mass is 10.0. The molecule has 1 aliphatic heterocycles. The van der Waals surface area contributed by atoms with Gasteiger partial charge in [0.2, 0.25) is 0 Å². The molecule has 3 heterocycles. The molecule has 3 aromatic rings. The van der Waals surface area contributed by atoms with Gasteiger partial charge in [0, 0.05) is 19.3 Å². The van der Waals surface area contributed by atoms with E-state index in [1.165, 1.54) is 6.07 Å². The van der Waals surface area contributed by atoms with E-state index < -0.39 is 12.1 Å². The minimum atomic E-state index is -1.06. The van der Waals surface area contributed by atoms with Crippen LogP contribution in [0.25, 0.3) is 16.8 Å². The normalized spacial score (nSPS) is 21.5. The maximum absolute atomic E-state index is 14.0. The van der Waals surface area contributed by atoms with Crippen molar-refractivity contribution in [2.45, 2.75) is 32.4 Å². The van der Waals surface area contributed by atoms with Crippen LogP contribution in [0.2, 0.25) is 0 Å². The van der Waals surface area contributed by atoms with Gasteiger partial charge in [-0.15, -0.1) is 0 Å². The van der Waals surface area contributed by atoms with Crippen molar-refractivity contribution >= 4 is 17.2 Å². The summed E-state index contributed by atoms with van der Waals surface area (Å²) in [7, 11) is 0. The van der Waals surface area contributed by atoms with Crippen LogP contribution in [0.5, 0.6) is 0 Å². The van der Waals surface area contributed by atoms with Crippen LogP contribution >= 0.6 is 0 Å². The van der Waals surface area contributed by atoms with Crippen molar-refractivity contribution in [3.8, 4) is 11.1 Å². The zero-order valence-corrected chi connectivity index (χ0v) is 15.7. The summed E-state index contributed by atoms with van der Waals surface area (Å²) in [6.07, 6.45) is 3.17. The fourth-order valence-electron chi connectivity index (χ4n) is 4.10. The number of aromatic nitrogens is 2. The number of carbonyl (C=O) groups is 1. The number of rotatable bonds is 4. The van der Waals surface area contributed by atoms with Crippen molar-refractivity contribution in [1.82, 2.24) is 9.38 Å². The second kappa shape index (κ2) is 6.40. The summed E-state index contributed by atoms with van der Waals surface area (Å²) in [6, 6.07) is 8.70. The quantitative estimate of drug-likeness (QED) is 0.621. The van der Waals surface area contributed by atoms with E-state index in [4.69, 9.17) is 4.98 Å². The third kappa shape index (κ3) is 2.70. The largest absolute Gasteiger partial charge is 0.355 e. The molecule has 28 heavy (non-hydrogen) atoms. The predicted molar refractivity (Wildman–Crippen MR) is 104 cm³/mol. The van der Waals surface area contributed by atoms with Gasteiger partial charge < -0.3 is 4.90 Å². The maximum Gasteiger partial charge on any atom is 0.189 e. The number of alkyl halides is 1. The van der Waals surface area contributed by atoms with Gasteiger partial charge in [-0.25, -0.2) is 13.8 Å². The van der Waals surface area contributed by atoms with Crippen LogP contribution in [0.15, 0.2) is 36.5 Å². The molecule has 0 unspecified atom stereocenters. The molecule has 0 amide bonds. The Morgan fingerprint density at radius 1 is 1.18 bits per heavy atom. The summed E-state index contributed by atoms with van der Waals surface area (Å²) in [5.74, 6) is -0.374. The minimum Gasteiger partial charge on any atom is -0.355 e. The van der Waals surface area contributed by atoms with Crippen LogP contribution in [-0.4, -0.2) is 34.4 Å². The van der Waals surface area contributed by atoms with E-state index in [1.54, 1.807) is 17.4 Å².